The molecular weight excluding hydrogens is 429 g/mol. The van der Waals surface area contributed by atoms with Crippen molar-refractivity contribution in [3.63, 3.8) is 0 Å². The number of aromatic nitrogens is 1. The van der Waals surface area contributed by atoms with Crippen molar-refractivity contribution in [1.29, 1.82) is 0 Å². The minimum absolute atomic E-state index is 0.0324. The maximum Gasteiger partial charge on any atom is 0.257 e. The number of amides is 2. The van der Waals surface area contributed by atoms with Gasteiger partial charge in [0.2, 0.25) is 11.8 Å². The molecule has 0 unspecified atom stereocenters. The third kappa shape index (κ3) is 6.22. The summed E-state index contributed by atoms with van der Waals surface area (Å²) in [6, 6.07) is 8.70. The minimum Gasteiger partial charge on any atom is -0.438 e. The smallest absolute Gasteiger partial charge is 0.257 e. The average Bonchev–Trinajstić information content (AvgIpc) is 3.60. The monoisotopic (exact) mass is 457 g/mol. The van der Waals surface area contributed by atoms with E-state index < -0.39 is 11.7 Å². The van der Waals surface area contributed by atoms with Crippen LogP contribution in [0, 0.1) is 11.7 Å². The number of thioether (sulfide) groups is 1. The van der Waals surface area contributed by atoms with Crippen molar-refractivity contribution in [3.05, 3.63) is 47.9 Å². The number of nitrogens with one attached hydrogen (secondary N) is 2. The van der Waals surface area contributed by atoms with E-state index in [-0.39, 0.29) is 29.4 Å². The van der Waals surface area contributed by atoms with Gasteiger partial charge in [-0.2, -0.15) is 0 Å². The van der Waals surface area contributed by atoms with Gasteiger partial charge in [-0.15, -0.1) is 11.8 Å². The van der Waals surface area contributed by atoms with E-state index in [1.54, 1.807) is 17.8 Å². The van der Waals surface area contributed by atoms with E-state index in [2.05, 4.69) is 15.6 Å². The molecule has 4 rings (SSSR count). The molecule has 2 aliphatic rings. The fourth-order valence-electron chi connectivity index (χ4n) is 3.96. The molecule has 8 heteroatoms. The first-order valence-electron chi connectivity index (χ1n) is 11.1. The van der Waals surface area contributed by atoms with E-state index in [0.717, 1.165) is 55.7 Å². The molecule has 2 aliphatic carbocycles. The number of pyridine rings is 1. The zero-order valence-electron chi connectivity index (χ0n) is 18.1. The molecule has 1 aromatic carbocycles. The number of nitrogens with zero attached hydrogens (tertiary/aromatic N) is 1. The Balaban J connectivity index is 1.34. The standard InChI is InChI=1S/C24H28FN3O3S/c1-32-20-4-2-3-19(13-20)31-24-21(12-16(25)14-26-24)23(30)28-18-9-7-17(8-10-18)27-22(29)11-15-5-6-15/h2-4,12-15,17-18H,5-11H2,1H3,(H,27,29)(H,28,30). The van der Waals surface area contributed by atoms with Gasteiger partial charge in [-0.1, -0.05) is 6.07 Å². The third-order valence-corrected chi connectivity index (χ3v) is 6.64. The van der Waals surface area contributed by atoms with Crippen LogP contribution < -0.4 is 15.4 Å². The predicted octanol–water partition coefficient (Wildman–Crippen LogP) is 4.69. The summed E-state index contributed by atoms with van der Waals surface area (Å²) in [7, 11) is 0. The fraction of sp³-hybridized carbons (Fsp3) is 0.458. The molecule has 0 atom stereocenters. The second-order valence-corrected chi connectivity index (χ2v) is 9.40. The van der Waals surface area contributed by atoms with Gasteiger partial charge in [0.15, 0.2) is 0 Å². The summed E-state index contributed by atoms with van der Waals surface area (Å²) in [4.78, 5) is 30.0. The van der Waals surface area contributed by atoms with Gasteiger partial charge in [0.05, 0.1) is 6.20 Å². The summed E-state index contributed by atoms with van der Waals surface area (Å²) in [5.41, 5.74) is 0.0689. The van der Waals surface area contributed by atoms with Crippen molar-refractivity contribution in [2.24, 2.45) is 5.92 Å². The topological polar surface area (TPSA) is 80.3 Å². The Morgan fingerprint density at radius 2 is 1.81 bits per heavy atom. The Hall–Kier alpha value is -2.61. The molecule has 1 aromatic heterocycles. The summed E-state index contributed by atoms with van der Waals surface area (Å²) < 4.78 is 19.7. The van der Waals surface area contributed by atoms with Crippen LogP contribution in [0.3, 0.4) is 0 Å². The highest BCUT2D eigenvalue weighted by atomic mass is 32.2. The Bertz CT molecular complexity index is 975. The summed E-state index contributed by atoms with van der Waals surface area (Å²) >= 11 is 1.57. The zero-order valence-corrected chi connectivity index (χ0v) is 18.9. The van der Waals surface area contributed by atoms with Gasteiger partial charge in [-0.25, -0.2) is 9.37 Å². The molecule has 6 nitrogen and oxygen atoms in total. The number of halogens is 1. The van der Waals surface area contributed by atoms with Crippen molar-refractivity contribution in [2.75, 3.05) is 6.26 Å². The van der Waals surface area contributed by atoms with Gasteiger partial charge in [0, 0.05) is 23.4 Å². The summed E-state index contributed by atoms with van der Waals surface area (Å²) in [5, 5.41) is 6.10. The maximum atomic E-state index is 13.9. The van der Waals surface area contributed by atoms with Crippen molar-refractivity contribution in [1.82, 2.24) is 15.6 Å². The number of ether oxygens (including phenoxy) is 1. The second kappa shape index (κ2) is 10.3. The van der Waals surface area contributed by atoms with Gasteiger partial charge in [-0.05, 0) is 75.0 Å². The normalized spacial score (nSPS) is 20.4. The van der Waals surface area contributed by atoms with E-state index in [0.29, 0.717) is 18.1 Å². The third-order valence-electron chi connectivity index (χ3n) is 5.92. The van der Waals surface area contributed by atoms with Crippen LogP contribution in [0.25, 0.3) is 0 Å². The second-order valence-electron chi connectivity index (χ2n) is 8.52. The SMILES string of the molecule is CSc1cccc(Oc2ncc(F)cc2C(=O)NC2CCC(NC(=O)CC3CC3)CC2)c1. The molecule has 0 aliphatic heterocycles. The molecule has 0 spiro atoms. The highest BCUT2D eigenvalue weighted by Gasteiger charge is 2.28. The van der Waals surface area contributed by atoms with Gasteiger partial charge in [0.1, 0.15) is 17.1 Å². The first kappa shape index (κ1) is 22.6. The van der Waals surface area contributed by atoms with Gasteiger partial charge >= 0.3 is 0 Å². The highest BCUT2D eigenvalue weighted by molar-refractivity contribution is 7.98. The highest BCUT2D eigenvalue weighted by Crippen LogP contribution is 2.32. The number of carbonyl (C=O) groups excluding carboxylic acids is 2. The quantitative estimate of drug-likeness (QED) is 0.562. The van der Waals surface area contributed by atoms with Crippen molar-refractivity contribution < 1.29 is 18.7 Å². The number of carbonyl (C=O) groups is 2. The van der Waals surface area contributed by atoms with Crippen LogP contribution in [0.4, 0.5) is 4.39 Å². The summed E-state index contributed by atoms with van der Waals surface area (Å²) in [6.45, 7) is 0. The Labute approximate surface area is 191 Å². The Morgan fingerprint density at radius 1 is 1.09 bits per heavy atom. The lowest BCUT2D eigenvalue weighted by atomic mass is 9.91. The molecule has 2 saturated carbocycles. The van der Waals surface area contributed by atoms with Crippen molar-refractivity contribution in [3.8, 4) is 11.6 Å². The van der Waals surface area contributed by atoms with Crippen molar-refractivity contribution in [2.45, 2.75) is 61.9 Å². The van der Waals surface area contributed by atoms with E-state index in [4.69, 9.17) is 4.74 Å². The lowest BCUT2D eigenvalue weighted by Crippen LogP contribution is -2.44. The Kier molecular flexibility index (Phi) is 7.29. The molecule has 2 amide bonds. The molecule has 170 valence electrons. The first-order chi connectivity index (χ1) is 15.5. The first-order valence-corrected chi connectivity index (χ1v) is 12.3. The van der Waals surface area contributed by atoms with Crippen LogP contribution >= 0.6 is 11.8 Å². The molecule has 32 heavy (non-hydrogen) atoms. The number of rotatable bonds is 8. The largest absolute Gasteiger partial charge is 0.438 e. The van der Waals surface area contributed by atoms with Crippen LogP contribution in [0.15, 0.2) is 41.4 Å². The summed E-state index contributed by atoms with van der Waals surface area (Å²) in [6.07, 6.45) is 9.10. The molecule has 0 radical (unpaired) electrons. The van der Waals surface area contributed by atoms with Crippen LogP contribution in [0.2, 0.25) is 0 Å². The molecule has 2 aromatic rings. The molecule has 0 saturated heterocycles. The van der Waals surface area contributed by atoms with Gasteiger partial charge in [0.25, 0.3) is 5.91 Å². The van der Waals surface area contributed by atoms with Crippen LogP contribution in [0.5, 0.6) is 11.6 Å². The summed E-state index contributed by atoms with van der Waals surface area (Å²) in [5.74, 6) is 0.315. The Morgan fingerprint density at radius 3 is 2.50 bits per heavy atom. The predicted molar refractivity (Wildman–Crippen MR) is 121 cm³/mol. The van der Waals surface area contributed by atoms with Crippen LogP contribution in [-0.2, 0) is 4.79 Å². The molecular formula is C24H28FN3O3S. The zero-order chi connectivity index (χ0) is 22.5. The minimum atomic E-state index is -0.595. The van der Waals surface area contributed by atoms with Gasteiger partial charge in [-0.3, -0.25) is 9.59 Å². The van der Waals surface area contributed by atoms with E-state index >= 15 is 0 Å². The van der Waals surface area contributed by atoms with Crippen LogP contribution in [0.1, 0.15) is 55.3 Å². The lowest BCUT2D eigenvalue weighted by Gasteiger charge is -2.29. The van der Waals surface area contributed by atoms with Crippen molar-refractivity contribution >= 4 is 23.6 Å². The van der Waals surface area contributed by atoms with Gasteiger partial charge < -0.3 is 15.4 Å². The number of hydrogen-bond acceptors (Lipinski definition) is 5. The number of hydrogen-bond donors (Lipinski definition) is 2. The number of benzene rings is 1. The molecule has 0 bridgehead atoms. The van der Waals surface area contributed by atoms with Crippen LogP contribution in [-0.4, -0.2) is 35.1 Å². The molecule has 2 fully saturated rings. The van der Waals surface area contributed by atoms with E-state index in [1.807, 2.05) is 24.5 Å². The maximum absolute atomic E-state index is 13.9. The molecule has 1 heterocycles. The fourth-order valence-corrected chi connectivity index (χ4v) is 4.41. The van der Waals surface area contributed by atoms with E-state index in [9.17, 15) is 14.0 Å². The lowest BCUT2D eigenvalue weighted by molar-refractivity contribution is -0.122. The molecule has 2 N–H and O–H groups in total. The average molecular weight is 458 g/mol. The van der Waals surface area contributed by atoms with E-state index in [1.165, 1.54) is 0 Å².